The van der Waals surface area contributed by atoms with Gasteiger partial charge in [0.25, 0.3) is 5.91 Å². The Labute approximate surface area is 175 Å². The Balaban J connectivity index is 2.15. The summed E-state index contributed by atoms with van der Waals surface area (Å²) in [6, 6.07) is 6.76. The lowest BCUT2D eigenvalue weighted by Crippen LogP contribution is -2.21. The van der Waals surface area contributed by atoms with Crippen molar-refractivity contribution in [3.05, 3.63) is 56.5 Å². The minimum Gasteiger partial charge on any atom is -0.482 e. The number of nitrogens with one attached hydrogen (secondary N) is 1. The molecule has 7 nitrogen and oxygen atoms in total. The minimum absolute atomic E-state index is 0.0640. The first-order valence-corrected chi connectivity index (χ1v) is 8.77. The second kappa shape index (κ2) is 9.64. The van der Waals surface area contributed by atoms with E-state index >= 15 is 0 Å². The zero-order chi connectivity index (χ0) is 20.8. The highest BCUT2D eigenvalue weighted by Crippen LogP contribution is 2.33. The lowest BCUT2D eigenvalue weighted by molar-refractivity contribution is -0.118. The van der Waals surface area contributed by atoms with Gasteiger partial charge < -0.3 is 19.5 Å². The second-order valence-electron chi connectivity index (χ2n) is 5.32. The Hall–Kier alpha value is -2.48. The summed E-state index contributed by atoms with van der Waals surface area (Å²) in [6.07, 6.45) is 0. The van der Waals surface area contributed by atoms with Gasteiger partial charge in [-0.05, 0) is 24.3 Å². The Kier molecular flexibility index (Phi) is 7.51. The number of halogens is 3. The molecule has 0 aliphatic rings. The van der Waals surface area contributed by atoms with Crippen molar-refractivity contribution in [3.63, 3.8) is 0 Å². The third-order valence-corrected chi connectivity index (χ3v) is 4.41. The molecule has 0 aromatic heterocycles. The third kappa shape index (κ3) is 5.51. The van der Waals surface area contributed by atoms with Crippen LogP contribution >= 0.6 is 34.8 Å². The lowest BCUT2D eigenvalue weighted by atomic mass is 10.1. The van der Waals surface area contributed by atoms with Crippen LogP contribution in [0.3, 0.4) is 0 Å². The molecule has 0 spiro atoms. The largest absolute Gasteiger partial charge is 0.482 e. The highest BCUT2D eigenvalue weighted by molar-refractivity contribution is 6.43. The van der Waals surface area contributed by atoms with Crippen LogP contribution in [0.25, 0.3) is 0 Å². The van der Waals surface area contributed by atoms with Crippen molar-refractivity contribution in [2.24, 2.45) is 0 Å². The number of hydrogen-bond acceptors (Lipinski definition) is 6. The van der Waals surface area contributed by atoms with Crippen molar-refractivity contribution in [2.45, 2.75) is 0 Å². The van der Waals surface area contributed by atoms with Gasteiger partial charge in [0.15, 0.2) is 6.61 Å². The molecular weight excluding hydrogens is 433 g/mol. The summed E-state index contributed by atoms with van der Waals surface area (Å²) in [4.78, 5) is 35.7. The third-order valence-electron chi connectivity index (χ3n) is 3.39. The van der Waals surface area contributed by atoms with E-state index in [1.165, 1.54) is 44.6 Å². The van der Waals surface area contributed by atoms with Gasteiger partial charge in [-0.25, -0.2) is 9.59 Å². The first-order chi connectivity index (χ1) is 13.2. The summed E-state index contributed by atoms with van der Waals surface area (Å²) in [5.41, 5.74) is 0.306. The molecule has 1 amide bonds. The van der Waals surface area contributed by atoms with E-state index in [1.54, 1.807) is 0 Å². The zero-order valence-electron chi connectivity index (χ0n) is 14.7. The molecule has 0 radical (unpaired) electrons. The van der Waals surface area contributed by atoms with Gasteiger partial charge in [-0.3, -0.25) is 4.79 Å². The average Bonchev–Trinajstić information content (AvgIpc) is 2.68. The molecular formula is C18H14Cl3NO6. The normalized spacial score (nSPS) is 10.2. The Morgan fingerprint density at radius 1 is 0.821 bits per heavy atom. The smallest absolute Gasteiger partial charge is 0.337 e. The number of anilines is 1. The van der Waals surface area contributed by atoms with Gasteiger partial charge in [0.1, 0.15) is 5.75 Å². The van der Waals surface area contributed by atoms with E-state index in [-0.39, 0.29) is 37.6 Å². The molecule has 0 fully saturated rings. The summed E-state index contributed by atoms with van der Waals surface area (Å²) in [5.74, 6) is -1.76. The zero-order valence-corrected chi connectivity index (χ0v) is 16.9. The fraction of sp³-hybridized carbons (Fsp3) is 0.167. The van der Waals surface area contributed by atoms with Crippen molar-refractivity contribution >= 4 is 58.3 Å². The number of hydrogen-bond donors (Lipinski definition) is 1. The van der Waals surface area contributed by atoms with Crippen LogP contribution in [0.4, 0.5) is 5.69 Å². The molecule has 28 heavy (non-hydrogen) atoms. The highest BCUT2D eigenvalue weighted by atomic mass is 35.5. The van der Waals surface area contributed by atoms with E-state index in [1.807, 2.05) is 0 Å². The first-order valence-electron chi connectivity index (χ1n) is 7.64. The Bertz CT molecular complexity index is 898. The fourth-order valence-corrected chi connectivity index (χ4v) is 2.72. The van der Waals surface area contributed by atoms with Crippen LogP contribution in [-0.4, -0.2) is 38.7 Å². The molecule has 2 aromatic carbocycles. The SMILES string of the molecule is COC(=O)c1cc(NC(=O)COc2cc(Cl)c(Cl)cc2Cl)cc(C(=O)OC)c1. The summed E-state index contributed by atoms with van der Waals surface area (Å²) >= 11 is 17.7. The fourth-order valence-electron chi connectivity index (χ4n) is 2.13. The average molecular weight is 447 g/mol. The van der Waals surface area contributed by atoms with Crippen molar-refractivity contribution in [3.8, 4) is 5.75 Å². The molecule has 0 aliphatic carbocycles. The quantitative estimate of drug-likeness (QED) is 0.527. The van der Waals surface area contributed by atoms with Crippen molar-refractivity contribution in [1.82, 2.24) is 0 Å². The molecule has 0 saturated heterocycles. The van der Waals surface area contributed by atoms with E-state index in [4.69, 9.17) is 39.5 Å². The summed E-state index contributed by atoms with van der Waals surface area (Å²) in [6.45, 7) is -0.409. The molecule has 0 unspecified atom stereocenters. The molecule has 1 N–H and O–H groups in total. The van der Waals surface area contributed by atoms with Crippen LogP contribution < -0.4 is 10.1 Å². The number of methoxy groups -OCH3 is 2. The van der Waals surface area contributed by atoms with Gasteiger partial charge in [-0.15, -0.1) is 0 Å². The number of carbonyl (C=O) groups is 3. The highest BCUT2D eigenvalue weighted by Gasteiger charge is 2.16. The summed E-state index contributed by atoms with van der Waals surface area (Å²) in [5, 5.41) is 3.16. The number of carbonyl (C=O) groups excluding carboxylic acids is 3. The van der Waals surface area contributed by atoms with Crippen LogP contribution in [0.5, 0.6) is 5.75 Å². The molecule has 0 saturated carbocycles. The monoisotopic (exact) mass is 445 g/mol. The molecule has 2 aromatic rings. The molecule has 148 valence electrons. The van der Waals surface area contributed by atoms with Crippen LogP contribution in [0, 0.1) is 0 Å². The Morgan fingerprint density at radius 3 is 1.89 bits per heavy atom. The van der Waals surface area contributed by atoms with Gasteiger partial charge in [-0.1, -0.05) is 34.8 Å². The molecule has 0 atom stereocenters. The van der Waals surface area contributed by atoms with Crippen LogP contribution in [-0.2, 0) is 14.3 Å². The van der Waals surface area contributed by atoms with Crippen molar-refractivity contribution in [1.29, 1.82) is 0 Å². The second-order valence-corrected chi connectivity index (χ2v) is 6.54. The van der Waals surface area contributed by atoms with Crippen LogP contribution in [0.15, 0.2) is 30.3 Å². The Morgan fingerprint density at radius 2 is 1.36 bits per heavy atom. The predicted molar refractivity (Wildman–Crippen MR) is 105 cm³/mol. The van der Waals surface area contributed by atoms with E-state index in [0.29, 0.717) is 0 Å². The van der Waals surface area contributed by atoms with Crippen LogP contribution in [0.2, 0.25) is 15.1 Å². The van der Waals surface area contributed by atoms with E-state index in [9.17, 15) is 14.4 Å². The van der Waals surface area contributed by atoms with E-state index in [2.05, 4.69) is 14.8 Å². The number of ether oxygens (including phenoxy) is 3. The molecule has 0 bridgehead atoms. The number of esters is 2. The molecule has 0 aliphatic heterocycles. The maximum absolute atomic E-state index is 12.2. The standard InChI is InChI=1S/C18H14Cl3NO6/c1-26-17(24)9-3-10(18(25)27-2)5-11(4-9)22-16(23)8-28-15-7-13(20)12(19)6-14(15)21/h3-7H,8H2,1-2H3,(H,22,23). The van der Waals surface area contributed by atoms with Crippen LogP contribution in [0.1, 0.15) is 20.7 Å². The van der Waals surface area contributed by atoms with Gasteiger partial charge >= 0.3 is 11.9 Å². The van der Waals surface area contributed by atoms with E-state index < -0.39 is 24.5 Å². The maximum Gasteiger partial charge on any atom is 0.337 e. The minimum atomic E-state index is -0.680. The van der Waals surface area contributed by atoms with Crippen molar-refractivity contribution < 1.29 is 28.6 Å². The van der Waals surface area contributed by atoms with Gasteiger partial charge in [0.2, 0.25) is 0 Å². The molecule has 0 heterocycles. The topological polar surface area (TPSA) is 90.9 Å². The van der Waals surface area contributed by atoms with Gasteiger partial charge in [0.05, 0.1) is 40.4 Å². The number of rotatable bonds is 6. The van der Waals surface area contributed by atoms with Gasteiger partial charge in [-0.2, -0.15) is 0 Å². The molecule has 10 heteroatoms. The lowest BCUT2D eigenvalue weighted by Gasteiger charge is -2.11. The van der Waals surface area contributed by atoms with Gasteiger partial charge in [0, 0.05) is 11.8 Å². The number of benzene rings is 2. The summed E-state index contributed by atoms with van der Waals surface area (Å²) < 4.78 is 14.6. The summed E-state index contributed by atoms with van der Waals surface area (Å²) in [7, 11) is 2.39. The first kappa shape index (κ1) is 21.8. The number of amides is 1. The predicted octanol–water partition coefficient (Wildman–Crippen LogP) is 4.24. The maximum atomic E-state index is 12.2. The molecule has 2 rings (SSSR count). The van der Waals surface area contributed by atoms with E-state index in [0.717, 1.165) is 0 Å². The van der Waals surface area contributed by atoms with Crippen molar-refractivity contribution in [2.75, 3.05) is 26.1 Å².